The van der Waals surface area contributed by atoms with Crippen molar-refractivity contribution in [2.75, 3.05) is 0 Å². The van der Waals surface area contributed by atoms with E-state index in [1.165, 1.54) is 18.6 Å². The van der Waals surface area contributed by atoms with Gasteiger partial charge in [-0.05, 0) is 6.07 Å². The highest BCUT2D eigenvalue weighted by atomic mass is 32.1. The molecule has 0 fully saturated rings. The van der Waals surface area contributed by atoms with E-state index in [-0.39, 0.29) is 20.9 Å². The lowest BCUT2D eigenvalue weighted by Gasteiger charge is -2.02. The molecule has 108 valence electrons. The molecular formula is C11H5F3N4O2S. The number of aromatic nitrogens is 4. The molecule has 3 aromatic rings. The van der Waals surface area contributed by atoms with Crippen LogP contribution in [0, 0.1) is 0 Å². The molecule has 0 atom stereocenters. The minimum absolute atomic E-state index is 0.0680. The van der Waals surface area contributed by atoms with Crippen molar-refractivity contribution in [2.45, 2.75) is 6.18 Å². The van der Waals surface area contributed by atoms with Gasteiger partial charge in [-0.15, -0.1) is 11.3 Å². The number of nitrogens with zero attached hydrogens (tertiary/aromatic N) is 4. The van der Waals surface area contributed by atoms with Gasteiger partial charge >= 0.3 is 12.1 Å². The van der Waals surface area contributed by atoms with Gasteiger partial charge in [0.15, 0.2) is 11.5 Å². The van der Waals surface area contributed by atoms with Crippen LogP contribution in [0.5, 0.6) is 0 Å². The van der Waals surface area contributed by atoms with Crippen LogP contribution in [0.3, 0.4) is 0 Å². The Balaban J connectivity index is 2.32. The van der Waals surface area contributed by atoms with Crippen molar-refractivity contribution in [3.05, 3.63) is 35.2 Å². The van der Waals surface area contributed by atoms with Crippen molar-refractivity contribution in [1.82, 2.24) is 19.7 Å². The number of carbonyl (C=O) groups is 1. The second-order valence-corrected chi connectivity index (χ2v) is 4.99. The summed E-state index contributed by atoms with van der Waals surface area (Å²) in [5.41, 5.74) is -1.14. The van der Waals surface area contributed by atoms with Crippen LogP contribution >= 0.6 is 11.3 Å². The van der Waals surface area contributed by atoms with Crippen molar-refractivity contribution in [2.24, 2.45) is 0 Å². The molecule has 0 aliphatic rings. The smallest absolute Gasteiger partial charge is 0.435 e. The molecule has 0 spiro atoms. The van der Waals surface area contributed by atoms with Gasteiger partial charge in [-0.25, -0.2) is 19.4 Å². The molecule has 3 aromatic heterocycles. The van der Waals surface area contributed by atoms with Crippen molar-refractivity contribution >= 4 is 27.5 Å². The first-order valence-electron chi connectivity index (χ1n) is 5.47. The predicted octanol–water partition coefficient (Wildman–Crippen LogP) is 2.59. The Morgan fingerprint density at radius 1 is 1.38 bits per heavy atom. The summed E-state index contributed by atoms with van der Waals surface area (Å²) < 4.78 is 40.0. The third-order valence-corrected chi connectivity index (χ3v) is 3.72. The average Bonchev–Trinajstić information content (AvgIpc) is 2.96. The van der Waals surface area contributed by atoms with Gasteiger partial charge in [-0.3, -0.25) is 0 Å². The summed E-state index contributed by atoms with van der Waals surface area (Å²) in [5.74, 6) is -1.16. The van der Waals surface area contributed by atoms with Crippen molar-refractivity contribution in [1.29, 1.82) is 0 Å². The highest BCUT2D eigenvalue weighted by Crippen LogP contribution is 2.38. The molecule has 6 nitrogen and oxygen atoms in total. The Kier molecular flexibility index (Phi) is 2.90. The van der Waals surface area contributed by atoms with E-state index < -0.39 is 17.8 Å². The SMILES string of the molecule is O=C(O)c1cc2c(C(F)(F)F)nn(-c3ccncn3)c2s1. The van der Waals surface area contributed by atoms with Gasteiger partial charge < -0.3 is 5.11 Å². The predicted molar refractivity (Wildman–Crippen MR) is 66.5 cm³/mol. The number of alkyl halides is 3. The molecule has 3 heterocycles. The molecule has 1 N–H and O–H groups in total. The first-order chi connectivity index (χ1) is 9.88. The lowest BCUT2D eigenvalue weighted by molar-refractivity contribution is -0.140. The second kappa shape index (κ2) is 4.52. The van der Waals surface area contributed by atoms with Gasteiger partial charge in [0.1, 0.15) is 16.0 Å². The monoisotopic (exact) mass is 314 g/mol. The fraction of sp³-hybridized carbons (Fsp3) is 0.0909. The van der Waals surface area contributed by atoms with Crippen LogP contribution < -0.4 is 0 Å². The number of halogens is 3. The van der Waals surface area contributed by atoms with Gasteiger partial charge in [0, 0.05) is 17.6 Å². The lowest BCUT2D eigenvalue weighted by atomic mass is 10.3. The maximum atomic E-state index is 13.0. The zero-order valence-corrected chi connectivity index (χ0v) is 10.8. The normalized spacial score (nSPS) is 12.0. The molecule has 3 rings (SSSR count). The van der Waals surface area contributed by atoms with Crippen LogP contribution in [0.15, 0.2) is 24.7 Å². The molecule has 0 aromatic carbocycles. The minimum Gasteiger partial charge on any atom is -0.477 e. The van der Waals surface area contributed by atoms with Gasteiger partial charge in [0.2, 0.25) is 0 Å². The average molecular weight is 314 g/mol. The standard InChI is InChI=1S/C11H5F3N4O2S/c12-11(13,14)8-5-3-6(10(19)20)21-9(5)18(17-8)7-1-2-15-4-16-7/h1-4H,(H,19,20). The van der Waals surface area contributed by atoms with Gasteiger partial charge in [0.25, 0.3) is 0 Å². The molecule has 0 amide bonds. The third-order valence-electron chi connectivity index (χ3n) is 2.62. The molecule has 21 heavy (non-hydrogen) atoms. The van der Waals surface area contributed by atoms with Gasteiger partial charge in [-0.1, -0.05) is 0 Å². The lowest BCUT2D eigenvalue weighted by Crippen LogP contribution is -2.08. The zero-order chi connectivity index (χ0) is 15.2. The van der Waals surface area contributed by atoms with Crippen LogP contribution in [0.1, 0.15) is 15.4 Å². The number of carboxylic acids is 1. The molecule has 0 bridgehead atoms. The highest BCUT2D eigenvalue weighted by molar-refractivity contribution is 7.20. The molecule has 0 unspecified atom stereocenters. The highest BCUT2D eigenvalue weighted by Gasteiger charge is 2.38. The number of thiophene rings is 1. The van der Waals surface area contributed by atoms with Crippen LogP contribution in [-0.4, -0.2) is 30.8 Å². The summed E-state index contributed by atoms with van der Waals surface area (Å²) >= 11 is 0.704. The zero-order valence-electron chi connectivity index (χ0n) is 10.00. The quantitative estimate of drug-likeness (QED) is 0.786. The Morgan fingerprint density at radius 3 is 2.71 bits per heavy atom. The van der Waals surface area contributed by atoms with E-state index in [0.717, 1.165) is 10.7 Å². The Bertz CT molecular complexity index is 825. The maximum absolute atomic E-state index is 13.0. The van der Waals surface area contributed by atoms with Crippen LogP contribution in [0.4, 0.5) is 13.2 Å². The summed E-state index contributed by atoms with van der Waals surface area (Å²) in [6, 6.07) is 2.35. The topological polar surface area (TPSA) is 80.9 Å². The Morgan fingerprint density at radius 2 is 2.14 bits per heavy atom. The number of hydrogen-bond donors (Lipinski definition) is 1. The van der Waals surface area contributed by atoms with Crippen LogP contribution in [-0.2, 0) is 6.18 Å². The van der Waals surface area contributed by atoms with Crippen molar-refractivity contribution in [3.8, 4) is 5.82 Å². The number of fused-ring (bicyclic) bond motifs is 1. The summed E-state index contributed by atoms with van der Waals surface area (Å²) in [5, 5.41) is 12.2. The summed E-state index contributed by atoms with van der Waals surface area (Å²) in [6.07, 6.45) is -2.16. The maximum Gasteiger partial charge on any atom is 0.435 e. The summed E-state index contributed by atoms with van der Waals surface area (Å²) in [6.45, 7) is 0. The first-order valence-corrected chi connectivity index (χ1v) is 6.29. The van der Waals surface area contributed by atoms with Crippen molar-refractivity contribution < 1.29 is 23.1 Å². The molecule has 0 saturated heterocycles. The van der Waals surface area contributed by atoms with Crippen LogP contribution in [0.25, 0.3) is 16.0 Å². The second-order valence-electron chi connectivity index (χ2n) is 3.96. The van der Waals surface area contributed by atoms with E-state index in [0.29, 0.717) is 11.3 Å². The molecule has 0 saturated carbocycles. The molecular weight excluding hydrogens is 309 g/mol. The Hall–Kier alpha value is -2.49. The number of rotatable bonds is 2. The molecule has 0 aliphatic heterocycles. The molecule has 0 radical (unpaired) electrons. The largest absolute Gasteiger partial charge is 0.477 e. The summed E-state index contributed by atoms with van der Waals surface area (Å²) in [7, 11) is 0. The fourth-order valence-electron chi connectivity index (χ4n) is 1.79. The Labute approximate surface area is 118 Å². The number of hydrogen-bond acceptors (Lipinski definition) is 5. The van der Waals surface area contributed by atoms with E-state index in [1.54, 1.807) is 0 Å². The summed E-state index contributed by atoms with van der Waals surface area (Å²) in [4.78, 5) is 18.3. The van der Waals surface area contributed by atoms with Gasteiger partial charge in [-0.2, -0.15) is 18.3 Å². The number of aromatic carboxylic acids is 1. The van der Waals surface area contributed by atoms with Crippen LogP contribution in [0.2, 0.25) is 0 Å². The number of carboxylic acid groups (broad SMARTS) is 1. The third kappa shape index (κ3) is 2.23. The van der Waals surface area contributed by atoms with E-state index in [9.17, 15) is 18.0 Å². The fourth-order valence-corrected chi connectivity index (χ4v) is 2.75. The van der Waals surface area contributed by atoms with E-state index in [4.69, 9.17) is 5.11 Å². The first kappa shape index (κ1) is 13.5. The van der Waals surface area contributed by atoms with E-state index >= 15 is 0 Å². The minimum atomic E-state index is -4.69. The molecule has 10 heteroatoms. The van der Waals surface area contributed by atoms with Gasteiger partial charge in [0.05, 0.1) is 0 Å². The van der Waals surface area contributed by atoms with E-state index in [1.807, 2.05) is 0 Å². The van der Waals surface area contributed by atoms with Crippen molar-refractivity contribution in [3.63, 3.8) is 0 Å². The molecule has 0 aliphatic carbocycles. The van der Waals surface area contributed by atoms with E-state index in [2.05, 4.69) is 15.1 Å².